The highest BCUT2D eigenvalue weighted by Gasteiger charge is 2.30. The molecule has 1 N–H and O–H groups in total. The highest BCUT2D eigenvalue weighted by atomic mass is 35.5. The van der Waals surface area contributed by atoms with Crippen LogP contribution in [0.25, 0.3) is 0 Å². The highest BCUT2D eigenvalue weighted by Crippen LogP contribution is 2.22. The molecule has 0 aliphatic rings. The Morgan fingerprint density at radius 1 is 1.16 bits per heavy atom. The van der Waals surface area contributed by atoms with Crippen LogP contribution in [-0.2, 0) is 9.53 Å². The van der Waals surface area contributed by atoms with Crippen LogP contribution in [0, 0.1) is 6.92 Å². The van der Waals surface area contributed by atoms with E-state index in [1.54, 1.807) is 45.2 Å². The van der Waals surface area contributed by atoms with E-state index in [1.165, 1.54) is 0 Å². The van der Waals surface area contributed by atoms with Gasteiger partial charge in [0.1, 0.15) is 5.75 Å². The van der Waals surface area contributed by atoms with Gasteiger partial charge in [0, 0.05) is 18.7 Å². The normalized spacial score (nSPS) is 12.5. The van der Waals surface area contributed by atoms with Crippen molar-refractivity contribution in [2.75, 3.05) is 13.7 Å². The Morgan fingerprint density at radius 3 is 2.40 bits per heavy atom. The number of ether oxygens (including phenoxy) is 2. The molecular weight excluding hydrogens is 338 g/mol. The summed E-state index contributed by atoms with van der Waals surface area (Å²) >= 11 is 5.87. The van der Waals surface area contributed by atoms with Crippen LogP contribution in [0.5, 0.6) is 5.75 Å². The summed E-state index contributed by atoms with van der Waals surface area (Å²) in [6, 6.07) is 14.9. The van der Waals surface area contributed by atoms with Crippen LogP contribution in [0.4, 0.5) is 0 Å². The molecule has 4 nitrogen and oxygen atoms in total. The largest absolute Gasteiger partial charge is 0.478 e. The molecule has 0 aliphatic carbocycles. The van der Waals surface area contributed by atoms with Crippen molar-refractivity contribution in [1.82, 2.24) is 5.32 Å². The van der Waals surface area contributed by atoms with E-state index in [0.717, 1.165) is 11.1 Å². The fourth-order valence-corrected chi connectivity index (χ4v) is 2.64. The predicted molar refractivity (Wildman–Crippen MR) is 100 cm³/mol. The first-order chi connectivity index (χ1) is 11.8. The zero-order valence-corrected chi connectivity index (χ0v) is 15.8. The third-order valence-corrected chi connectivity index (χ3v) is 4.25. The second kappa shape index (κ2) is 8.37. The number of hydrogen-bond acceptors (Lipinski definition) is 3. The number of hydrogen-bond donors (Lipinski definition) is 1. The Bertz CT molecular complexity index is 713. The van der Waals surface area contributed by atoms with Gasteiger partial charge in [0.2, 0.25) is 0 Å². The zero-order chi connectivity index (χ0) is 18.4. The number of carbonyl (C=O) groups is 1. The number of benzene rings is 2. The summed E-state index contributed by atoms with van der Waals surface area (Å²) in [6.45, 7) is 5.85. The number of nitrogens with one attached hydrogen (secondary N) is 1. The van der Waals surface area contributed by atoms with Crippen molar-refractivity contribution in [1.29, 1.82) is 0 Å². The molecule has 2 aromatic carbocycles. The Morgan fingerprint density at radius 2 is 1.80 bits per heavy atom. The Balaban J connectivity index is 1.99. The molecule has 0 spiro atoms. The first-order valence-corrected chi connectivity index (χ1v) is 8.52. The van der Waals surface area contributed by atoms with Crippen LogP contribution in [0.1, 0.15) is 31.1 Å². The average molecular weight is 362 g/mol. The summed E-state index contributed by atoms with van der Waals surface area (Å²) in [6.07, 6.45) is -0.212. The monoisotopic (exact) mass is 361 g/mol. The van der Waals surface area contributed by atoms with Crippen LogP contribution < -0.4 is 10.1 Å². The van der Waals surface area contributed by atoms with E-state index in [0.29, 0.717) is 17.3 Å². The van der Waals surface area contributed by atoms with E-state index >= 15 is 0 Å². The maximum Gasteiger partial charge on any atom is 0.263 e. The molecule has 1 atom stereocenters. The van der Waals surface area contributed by atoms with Gasteiger partial charge in [0.25, 0.3) is 5.91 Å². The van der Waals surface area contributed by atoms with Crippen LogP contribution >= 0.6 is 11.6 Å². The van der Waals surface area contributed by atoms with Gasteiger partial charge in [-0.3, -0.25) is 4.79 Å². The van der Waals surface area contributed by atoms with Gasteiger partial charge in [-0.1, -0.05) is 35.9 Å². The van der Waals surface area contributed by atoms with Crippen molar-refractivity contribution in [2.45, 2.75) is 32.5 Å². The summed E-state index contributed by atoms with van der Waals surface area (Å²) < 4.78 is 11.3. The molecule has 0 saturated carbocycles. The van der Waals surface area contributed by atoms with Crippen molar-refractivity contribution < 1.29 is 14.3 Å². The maximum atomic E-state index is 12.6. The van der Waals surface area contributed by atoms with Crippen molar-refractivity contribution in [3.05, 3.63) is 64.7 Å². The zero-order valence-electron chi connectivity index (χ0n) is 15.0. The lowest BCUT2D eigenvalue weighted by molar-refractivity contribution is -0.134. The van der Waals surface area contributed by atoms with E-state index in [9.17, 15) is 4.79 Å². The van der Waals surface area contributed by atoms with Crippen molar-refractivity contribution in [2.24, 2.45) is 0 Å². The van der Waals surface area contributed by atoms with Crippen molar-refractivity contribution >= 4 is 17.5 Å². The van der Waals surface area contributed by atoms with Gasteiger partial charge in [-0.15, -0.1) is 0 Å². The smallest absolute Gasteiger partial charge is 0.263 e. The standard InChI is InChI=1S/C20H24ClNO3/c1-14-7-5-6-8-17(14)18(24-4)13-22-19(23)20(2,3)25-16-11-9-15(21)10-12-16/h5-12,18H,13H2,1-4H3,(H,22,23)/t18-/m1/s1. The fraction of sp³-hybridized carbons (Fsp3) is 0.350. The SMILES string of the molecule is CO[C@H](CNC(=O)C(C)(C)Oc1ccc(Cl)cc1)c1ccccc1C. The summed E-state index contributed by atoms with van der Waals surface area (Å²) in [5.41, 5.74) is 1.17. The molecule has 0 bridgehead atoms. The molecule has 0 aliphatic heterocycles. The fourth-order valence-electron chi connectivity index (χ4n) is 2.51. The molecule has 0 fully saturated rings. The van der Waals surface area contributed by atoms with Crippen molar-refractivity contribution in [3.63, 3.8) is 0 Å². The van der Waals surface area contributed by atoms with Gasteiger partial charge in [-0.05, 0) is 56.2 Å². The van der Waals surface area contributed by atoms with E-state index in [1.807, 2.05) is 31.2 Å². The summed E-state index contributed by atoms with van der Waals surface area (Å²) in [7, 11) is 1.64. The molecule has 2 aromatic rings. The molecular formula is C20H24ClNO3. The van der Waals surface area contributed by atoms with Crippen LogP contribution in [0.3, 0.4) is 0 Å². The molecule has 0 aromatic heterocycles. The second-order valence-corrected chi connectivity index (χ2v) is 6.79. The Labute approximate surface area is 154 Å². The van der Waals surface area contributed by atoms with Gasteiger partial charge in [0.15, 0.2) is 5.60 Å². The third-order valence-electron chi connectivity index (χ3n) is 4.00. The number of rotatable bonds is 7. The molecule has 1 amide bonds. The lowest BCUT2D eigenvalue weighted by atomic mass is 10.0. The predicted octanol–water partition coefficient (Wildman–Crippen LogP) is 4.31. The van der Waals surface area contributed by atoms with E-state index in [4.69, 9.17) is 21.1 Å². The lowest BCUT2D eigenvalue weighted by Crippen LogP contribution is -2.47. The van der Waals surface area contributed by atoms with Gasteiger partial charge in [0.05, 0.1) is 6.10 Å². The Hall–Kier alpha value is -2.04. The average Bonchev–Trinajstić information content (AvgIpc) is 2.58. The number of amides is 1. The van der Waals surface area contributed by atoms with Gasteiger partial charge < -0.3 is 14.8 Å². The van der Waals surface area contributed by atoms with Crippen LogP contribution in [0.15, 0.2) is 48.5 Å². The lowest BCUT2D eigenvalue weighted by Gasteiger charge is -2.27. The topological polar surface area (TPSA) is 47.6 Å². The molecule has 25 heavy (non-hydrogen) atoms. The molecule has 5 heteroatoms. The first-order valence-electron chi connectivity index (χ1n) is 8.14. The number of carbonyl (C=O) groups excluding carboxylic acids is 1. The van der Waals surface area contributed by atoms with E-state index < -0.39 is 5.60 Å². The number of aryl methyl sites for hydroxylation is 1. The summed E-state index contributed by atoms with van der Waals surface area (Å²) in [5, 5.41) is 3.54. The molecule has 0 unspecified atom stereocenters. The second-order valence-electron chi connectivity index (χ2n) is 6.36. The quantitative estimate of drug-likeness (QED) is 0.799. The van der Waals surface area contributed by atoms with E-state index in [-0.39, 0.29) is 12.0 Å². The molecule has 2 rings (SSSR count). The van der Waals surface area contributed by atoms with E-state index in [2.05, 4.69) is 5.32 Å². The van der Waals surface area contributed by atoms with Gasteiger partial charge in [-0.2, -0.15) is 0 Å². The molecule has 134 valence electrons. The van der Waals surface area contributed by atoms with Crippen LogP contribution in [-0.4, -0.2) is 25.2 Å². The highest BCUT2D eigenvalue weighted by molar-refractivity contribution is 6.30. The minimum atomic E-state index is -1.02. The molecule has 0 saturated heterocycles. The maximum absolute atomic E-state index is 12.6. The molecule has 0 heterocycles. The minimum Gasteiger partial charge on any atom is -0.478 e. The number of methoxy groups -OCH3 is 1. The first kappa shape index (κ1) is 19.3. The number of halogens is 1. The minimum absolute atomic E-state index is 0.210. The summed E-state index contributed by atoms with van der Waals surface area (Å²) in [5.74, 6) is 0.379. The summed E-state index contributed by atoms with van der Waals surface area (Å²) in [4.78, 5) is 12.6. The van der Waals surface area contributed by atoms with Gasteiger partial charge in [-0.25, -0.2) is 0 Å². The Kier molecular flexibility index (Phi) is 6.45. The van der Waals surface area contributed by atoms with Crippen LogP contribution in [0.2, 0.25) is 5.02 Å². The molecule has 0 radical (unpaired) electrons. The van der Waals surface area contributed by atoms with Crippen molar-refractivity contribution in [3.8, 4) is 5.75 Å². The third kappa shape index (κ3) is 5.21. The van der Waals surface area contributed by atoms with Gasteiger partial charge >= 0.3 is 0 Å².